The Morgan fingerprint density at radius 1 is 1.28 bits per heavy atom. The van der Waals surface area contributed by atoms with Gasteiger partial charge < -0.3 is 9.47 Å². The molecule has 0 unspecified atom stereocenters. The minimum absolute atomic E-state index is 0.0238. The summed E-state index contributed by atoms with van der Waals surface area (Å²) in [5.74, 6) is 0. The summed E-state index contributed by atoms with van der Waals surface area (Å²) in [7, 11) is -3.41. The number of hydrogen-bond donors (Lipinski definition) is 1. The van der Waals surface area contributed by atoms with Crippen LogP contribution in [0.15, 0.2) is 0 Å². The van der Waals surface area contributed by atoms with Crippen LogP contribution in [0.1, 0.15) is 26.7 Å². The molecule has 2 rings (SSSR count). The molecule has 0 spiro atoms. The van der Waals surface area contributed by atoms with Gasteiger partial charge in [0.1, 0.15) is 0 Å². The average molecular weight is 278 g/mol. The Morgan fingerprint density at radius 3 is 2.50 bits per heavy atom. The van der Waals surface area contributed by atoms with Crippen LogP contribution in [0.4, 0.5) is 0 Å². The van der Waals surface area contributed by atoms with Crippen LogP contribution in [-0.2, 0) is 19.7 Å². The summed E-state index contributed by atoms with van der Waals surface area (Å²) in [5.41, 5.74) is 0. The summed E-state index contributed by atoms with van der Waals surface area (Å²) < 4.78 is 39.3. The van der Waals surface area contributed by atoms with Gasteiger partial charge in [-0.2, -0.15) is 17.4 Å². The van der Waals surface area contributed by atoms with Crippen molar-refractivity contribution < 1.29 is 17.9 Å². The molecule has 106 valence electrons. The fourth-order valence-corrected chi connectivity index (χ4v) is 3.81. The zero-order valence-corrected chi connectivity index (χ0v) is 11.8. The molecule has 0 saturated carbocycles. The molecule has 0 aliphatic carbocycles. The van der Waals surface area contributed by atoms with Crippen molar-refractivity contribution in [3.05, 3.63) is 0 Å². The van der Waals surface area contributed by atoms with Gasteiger partial charge in [-0.1, -0.05) is 0 Å². The number of morpholine rings is 1. The van der Waals surface area contributed by atoms with Gasteiger partial charge in [-0.05, 0) is 26.7 Å². The van der Waals surface area contributed by atoms with Crippen LogP contribution in [0.25, 0.3) is 0 Å². The lowest BCUT2D eigenvalue weighted by Crippen LogP contribution is -2.52. The lowest BCUT2D eigenvalue weighted by molar-refractivity contribution is -0.0444. The first-order valence-corrected chi connectivity index (χ1v) is 7.93. The van der Waals surface area contributed by atoms with Crippen LogP contribution < -0.4 is 4.72 Å². The van der Waals surface area contributed by atoms with E-state index in [9.17, 15) is 8.42 Å². The summed E-state index contributed by atoms with van der Waals surface area (Å²) in [6.07, 6.45) is 1.84. The molecule has 7 heteroatoms. The quantitative estimate of drug-likeness (QED) is 0.792. The summed E-state index contributed by atoms with van der Waals surface area (Å²) in [5, 5.41) is 0. The average Bonchev–Trinajstić information content (AvgIpc) is 2.78. The first kappa shape index (κ1) is 14.2. The Balaban J connectivity index is 1.88. The van der Waals surface area contributed by atoms with E-state index in [0.717, 1.165) is 19.4 Å². The van der Waals surface area contributed by atoms with E-state index >= 15 is 0 Å². The zero-order chi connectivity index (χ0) is 13.2. The van der Waals surface area contributed by atoms with Crippen molar-refractivity contribution in [2.75, 3.05) is 26.2 Å². The topological polar surface area (TPSA) is 67.9 Å². The van der Waals surface area contributed by atoms with E-state index in [1.807, 2.05) is 13.8 Å². The first-order chi connectivity index (χ1) is 8.47. The summed E-state index contributed by atoms with van der Waals surface area (Å²) in [6, 6.07) is 0. The fourth-order valence-electron chi connectivity index (χ4n) is 2.42. The van der Waals surface area contributed by atoms with Crippen LogP contribution in [0, 0.1) is 0 Å². The van der Waals surface area contributed by atoms with Gasteiger partial charge in [0, 0.05) is 26.2 Å². The Hall–Kier alpha value is -0.210. The molecule has 0 aromatic rings. The lowest BCUT2D eigenvalue weighted by atomic mass is 10.2. The predicted octanol–water partition coefficient (Wildman–Crippen LogP) is 0.109. The lowest BCUT2D eigenvalue weighted by Gasteiger charge is -2.34. The Kier molecular flexibility index (Phi) is 4.60. The van der Waals surface area contributed by atoms with Gasteiger partial charge in [-0.3, -0.25) is 0 Å². The molecule has 0 aromatic heterocycles. The number of ether oxygens (including phenoxy) is 2. The van der Waals surface area contributed by atoms with E-state index in [2.05, 4.69) is 4.72 Å². The van der Waals surface area contributed by atoms with Gasteiger partial charge in [-0.15, -0.1) is 0 Å². The Labute approximate surface area is 109 Å². The van der Waals surface area contributed by atoms with Gasteiger partial charge in [0.25, 0.3) is 10.2 Å². The Morgan fingerprint density at radius 2 is 1.94 bits per heavy atom. The third-order valence-electron chi connectivity index (χ3n) is 3.24. The molecular weight excluding hydrogens is 256 g/mol. The molecule has 18 heavy (non-hydrogen) atoms. The second kappa shape index (κ2) is 5.83. The molecule has 0 aromatic carbocycles. The van der Waals surface area contributed by atoms with Gasteiger partial charge in [0.05, 0.1) is 18.3 Å². The van der Waals surface area contributed by atoms with E-state index < -0.39 is 10.2 Å². The summed E-state index contributed by atoms with van der Waals surface area (Å²) in [4.78, 5) is 0. The minimum atomic E-state index is -3.41. The van der Waals surface area contributed by atoms with E-state index in [-0.39, 0.29) is 18.3 Å². The normalized spacial score (nSPS) is 34.9. The number of nitrogens with one attached hydrogen (secondary N) is 1. The number of nitrogens with zero attached hydrogens (tertiary/aromatic N) is 1. The highest BCUT2D eigenvalue weighted by atomic mass is 32.2. The molecular formula is C11H22N2O4S. The predicted molar refractivity (Wildman–Crippen MR) is 67.5 cm³/mol. The molecule has 6 nitrogen and oxygen atoms in total. The smallest absolute Gasteiger partial charge is 0.279 e. The van der Waals surface area contributed by atoms with Gasteiger partial charge >= 0.3 is 0 Å². The third kappa shape index (κ3) is 3.64. The molecule has 1 N–H and O–H groups in total. The second-order valence-electron chi connectivity index (χ2n) is 5.06. The third-order valence-corrected chi connectivity index (χ3v) is 4.75. The van der Waals surface area contributed by atoms with Gasteiger partial charge in [-0.25, -0.2) is 0 Å². The van der Waals surface area contributed by atoms with E-state index in [0.29, 0.717) is 19.6 Å². The monoisotopic (exact) mass is 278 g/mol. The van der Waals surface area contributed by atoms with Gasteiger partial charge in [0.15, 0.2) is 0 Å². The van der Waals surface area contributed by atoms with E-state index in [4.69, 9.17) is 9.47 Å². The van der Waals surface area contributed by atoms with Crippen molar-refractivity contribution in [2.24, 2.45) is 0 Å². The molecule has 2 aliphatic rings. The molecule has 2 fully saturated rings. The number of hydrogen-bond acceptors (Lipinski definition) is 4. The van der Waals surface area contributed by atoms with E-state index in [1.165, 1.54) is 4.31 Å². The molecule has 0 radical (unpaired) electrons. The van der Waals surface area contributed by atoms with Crippen LogP contribution in [0.3, 0.4) is 0 Å². The highest BCUT2D eigenvalue weighted by Crippen LogP contribution is 2.15. The van der Waals surface area contributed by atoms with Crippen LogP contribution in [-0.4, -0.2) is 57.3 Å². The second-order valence-corrected chi connectivity index (χ2v) is 6.82. The summed E-state index contributed by atoms with van der Waals surface area (Å²) >= 11 is 0. The number of rotatable bonds is 4. The minimum Gasteiger partial charge on any atom is -0.377 e. The first-order valence-electron chi connectivity index (χ1n) is 6.49. The maximum Gasteiger partial charge on any atom is 0.279 e. The molecule has 2 saturated heterocycles. The molecule has 3 atom stereocenters. The Bertz CT molecular complexity index is 357. The van der Waals surface area contributed by atoms with Crippen molar-refractivity contribution >= 4 is 10.2 Å². The van der Waals surface area contributed by atoms with Crippen molar-refractivity contribution in [2.45, 2.75) is 45.0 Å². The summed E-state index contributed by atoms with van der Waals surface area (Å²) in [6.45, 7) is 5.69. The van der Waals surface area contributed by atoms with Gasteiger partial charge in [0.2, 0.25) is 0 Å². The van der Waals surface area contributed by atoms with Crippen molar-refractivity contribution in [3.8, 4) is 0 Å². The highest BCUT2D eigenvalue weighted by molar-refractivity contribution is 7.87. The van der Waals surface area contributed by atoms with Crippen LogP contribution >= 0.6 is 0 Å². The fraction of sp³-hybridized carbons (Fsp3) is 1.00. The molecule has 0 amide bonds. The van der Waals surface area contributed by atoms with Crippen molar-refractivity contribution in [1.29, 1.82) is 0 Å². The zero-order valence-electron chi connectivity index (χ0n) is 11.0. The largest absolute Gasteiger partial charge is 0.377 e. The maximum absolute atomic E-state index is 12.1. The van der Waals surface area contributed by atoms with Crippen molar-refractivity contribution in [1.82, 2.24) is 9.03 Å². The van der Waals surface area contributed by atoms with E-state index in [1.54, 1.807) is 0 Å². The molecule has 2 aliphatic heterocycles. The standard InChI is InChI=1S/C11H22N2O4S/c1-9-7-13(8-10(2)17-9)18(14,15)12-6-11-4-3-5-16-11/h9-12H,3-8H2,1-2H3/t9-,10-,11-/m1/s1. The molecule has 0 bridgehead atoms. The van der Waals surface area contributed by atoms with Crippen LogP contribution in [0.5, 0.6) is 0 Å². The van der Waals surface area contributed by atoms with Crippen molar-refractivity contribution in [3.63, 3.8) is 0 Å². The SMILES string of the molecule is C[C@@H]1CN(S(=O)(=O)NC[C@H]2CCCO2)C[C@@H](C)O1. The van der Waals surface area contributed by atoms with Crippen LogP contribution in [0.2, 0.25) is 0 Å². The molecule has 2 heterocycles. The maximum atomic E-state index is 12.1. The highest BCUT2D eigenvalue weighted by Gasteiger charge is 2.31.